The largest absolute Gasteiger partial charge is 0.344 e. The molecule has 1 aliphatic heterocycles. The fourth-order valence-electron chi connectivity index (χ4n) is 3.86. The Morgan fingerprint density at radius 2 is 1.66 bits per heavy atom. The summed E-state index contributed by atoms with van der Waals surface area (Å²) in [4.78, 5) is 39.8. The van der Waals surface area contributed by atoms with Crippen LogP contribution in [-0.2, 0) is 20.8 Å². The maximum Gasteiger partial charge on any atom is 0.247 e. The first-order valence-corrected chi connectivity index (χ1v) is 11.1. The van der Waals surface area contributed by atoms with Gasteiger partial charge < -0.3 is 21.3 Å². The van der Waals surface area contributed by atoms with Crippen molar-refractivity contribution in [2.45, 2.75) is 45.2 Å². The number of carbonyl (C=O) groups is 3. The Hall–Kier alpha value is -3.19. The second kappa shape index (κ2) is 10.9. The molecular weight excluding hydrogens is 404 g/mol. The van der Waals surface area contributed by atoms with E-state index >= 15 is 0 Å². The summed E-state index contributed by atoms with van der Waals surface area (Å²) in [5.41, 5.74) is 8.45. The van der Waals surface area contributed by atoms with E-state index in [4.69, 9.17) is 5.73 Å². The van der Waals surface area contributed by atoms with Gasteiger partial charge in [0, 0.05) is 31.1 Å². The van der Waals surface area contributed by atoms with Crippen LogP contribution in [0.25, 0.3) is 0 Å². The van der Waals surface area contributed by atoms with Crippen molar-refractivity contribution in [3.63, 3.8) is 0 Å². The van der Waals surface area contributed by atoms with E-state index in [0.717, 1.165) is 11.1 Å². The standard InChI is InChI=1S/C25H32N4O3/c1-17-8-10-21(11-9-17)27-24(31)22(16-19-6-4-3-5-7-19)28-23(30)20-12-14-29(15-13-20)25(32)18(2)26/h3-11,18,20,22H,12-16,26H2,1-2H3,(H,27,31)(H,28,30)/t18-,22+/m0/s1. The number of nitrogens with one attached hydrogen (secondary N) is 2. The molecule has 1 heterocycles. The summed E-state index contributed by atoms with van der Waals surface area (Å²) in [7, 11) is 0. The molecule has 3 amide bonds. The Labute approximate surface area is 189 Å². The number of piperidine rings is 1. The van der Waals surface area contributed by atoms with Crippen molar-refractivity contribution in [2.75, 3.05) is 18.4 Å². The minimum absolute atomic E-state index is 0.0942. The van der Waals surface area contributed by atoms with E-state index in [1.54, 1.807) is 11.8 Å². The lowest BCUT2D eigenvalue weighted by molar-refractivity contribution is -0.136. The van der Waals surface area contributed by atoms with Crippen LogP contribution in [-0.4, -0.2) is 47.8 Å². The Kier molecular flexibility index (Phi) is 8.00. The first-order valence-electron chi connectivity index (χ1n) is 11.1. The van der Waals surface area contributed by atoms with Gasteiger partial charge in [-0.15, -0.1) is 0 Å². The molecule has 4 N–H and O–H groups in total. The van der Waals surface area contributed by atoms with Crippen molar-refractivity contribution in [3.05, 3.63) is 65.7 Å². The number of hydrogen-bond donors (Lipinski definition) is 3. The van der Waals surface area contributed by atoms with Crippen molar-refractivity contribution in [1.82, 2.24) is 10.2 Å². The average Bonchev–Trinajstić information content (AvgIpc) is 2.80. The molecule has 3 rings (SSSR count). The lowest BCUT2D eigenvalue weighted by Crippen LogP contribution is -2.51. The smallest absolute Gasteiger partial charge is 0.247 e. The molecule has 0 radical (unpaired) electrons. The number of anilines is 1. The summed E-state index contributed by atoms with van der Waals surface area (Å²) in [5, 5.41) is 5.87. The van der Waals surface area contributed by atoms with Gasteiger partial charge in [-0.1, -0.05) is 48.0 Å². The zero-order chi connectivity index (χ0) is 23.1. The molecule has 170 valence electrons. The Morgan fingerprint density at radius 3 is 2.25 bits per heavy atom. The number of hydrogen-bond acceptors (Lipinski definition) is 4. The normalized spacial score (nSPS) is 16.2. The summed E-state index contributed by atoms with van der Waals surface area (Å²) in [5.74, 6) is -0.741. The van der Waals surface area contributed by atoms with Gasteiger partial charge in [0.2, 0.25) is 17.7 Å². The number of rotatable bonds is 7. The fourth-order valence-corrected chi connectivity index (χ4v) is 3.86. The van der Waals surface area contributed by atoms with Crippen LogP contribution in [0.3, 0.4) is 0 Å². The molecule has 0 saturated carbocycles. The molecule has 1 fully saturated rings. The predicted molar refractivity (Wildman–Crippen MR) is 125 cm³/mol. The molecule has 32 heavy (non-hydrogen) atoms. The second-order valence-corrected chi connectivity index (χ2v) is 8.49. The number of aryl methyl sites for hydroxylation is 1. The first kappa shape index (κ1) is 23.5. The number of likely N-dealkylation sites (tertiary alicyclic amines) is 1. The SMILES string of the molecule is Cc1ccc(NC(=O)[C@@H](Cc2ccccc2)NC(=O)C2CCN(C(=O)[C@H](C)N)CC2)cc1. The molecule has 0 bridgehead atoms. The van der Waals surface area contributed by atoms with Gasteiger partial charge in [0.05, 0.1) is 6.04 Å². The summed E-state index contributed by atoms with van der Waals surface area (Å²) < 4.78 is 0. The van der Waals surface area contributed by atoms with E-state index in [-0.39, 0.29) is 23.6 Å². The Balaban J connectivity index is 1.65. The summed E-state index contributed by atoms with van der Waals surface area (Å²) >= 11 is 0. The molecule has 0 aromatic heterocycles. The van der Waals surface area contributed by atoms with Gasteiger partial charge in [-0.3, -0.25) is 14.4 Å². The van der Waals surface area contributed by atoms with Crippen molar-refractivity contribution in [3.8, 4) is 0 Å². The predicted octanol–water partition coefficient (Wildman–Crippen LogP) is 2.25. The number of nitrogens with two attached hydrogens (primary N) is 1. The first-order chi connectivity index (χ1) is 15.3. The molecule has 1 aliphatic rings. The highest BCUT2D eigenvalue weighted by molar-refractivity contribution is 5.97. The van der Waals surface area contributed by atoms with E-state index in [2.05, 4.69) is 10.6 Å². The molecule has 1 saturated heterocycles. The number of benzene rings is 2. The van der Waals surface area contributed by atoms with Gasteiger partial charge in [0.25, 0.3) is 0 Å². The lowest BCUT2D eigenvalue weighted by Gasteiger charge is -2.33. The molecular formula is C25H32N4O3. The van der Waals surface area contributed by atoms with Crippen LogP contribution < -0.4 is 16.4 Å². The highest BCUT2D eigenvalue weighted by Crippen LogP contribution is 2.19. The quantitative estimate of drug-likeness (QED) is 0.619. The zero-order valence-electron chi connectivity index (χ0n) is 18.7. The van der Waals surface area contributed by atoms with Crippen LogP contribution in [0.5, 0.6) is 0 Å². The minimum atomic E-state index is -0.699. The van der Waals surface area contributed by atoms with E-state index in [1.807, 2.05) is 61.5 Å². The summed E-state index contributed by atoms with van der Waals surface area (Å²) in [6, 6.07) is 15.9. The maximum absolute atomic E-state index is 13.0. The van der Waals surface area contributed by atoms with Crippen LogP contribution >= 0.6 is 0 Å². The molecule has 7 heteroatoms. The summed E-state index contributed by atoms with van der Waals surface area (Å²) in [6.07, 6.45) is 1.51. The van der Waals surface area contributed by atoms with Crippen molar-refractivity contribution in [1.29, 1.82) is 0 Å². The lowest BCUT2D eigenvalue weighted by atomic mass is 9.94. The van der Waals surface area contributed by atoms with Crippen LogP contribution in [0.2, 0.25) is 0 Å². The molecule has 0 unspecified atom stereocenters. The van der Waals surface area contributed by atoms with Gasteiger partial charge in [-0.2, -0.15) is 0 Å². The summed E-state index contributed by atoms with van der Waals surface area (Å²) in [6.45, 7) is 4.65. The van der Waals surface area contributed by atoms with Crippen molar-refractivity contribution >= 4 is 23.4 Å². The molecule has 2 aromatic rings. The molecule has 7 nitrogen and oxygen atoms in total. The highest BCUT2D eigenvalue weighted by Gasteiger charge is 2.31. The fraction of sp³-hybridized carbons (Fsp3) is 0.400. The molecule has 2 atom stereocenters. The van der Waals surface area contributed by atoms with Crippen molar-refractivity contribution in [2.24, 2.45) is 11.7 Å². The van der Waals surface area contributed by atoms with Crippen LogP contribution in [0, 0.1) is 12.8 Å². The number of nitrogens with zero attached hydrogens (tertiary/aromatic N) is 1. The molecule has 0 aliphatic carbocycles. The number of amides is 3. The molecule has 0 spiro atoms. The third-order valence-corrected chi connectivity index (χ3v) is 5.80. The van der Waals surface area contributed by atoms with Gasteiger partial charge >= 0.3 is 0 Å². The number of carbonyl (C=O) groups excluding carboxylic acids is 3. The Bertz CT molecular complexity index is 920. The minimum Gasteiger partial charge on any atom is -0.344 e. The van der Waals surface area contributed by atoms with E-state index < -0.39 is 12.1 Å². The second-order valence-electron chi connectivity index (χ2n) is 8.49. The topological polar surface area (TPSA) is 105 Å². The van der Waals surface area contributed by atoms with E-state index in [1.165, 1.54) is 0 Å². The van der Waals surface area contributed by atoms with Crippen LogP contribution in [0.1, 0.15) is 30.9 Å². The van der Waals surface area contributed by atoms with Crippen LogP contribution in [0.4, 0.5) is 5.69 Å². The van der Waals surface area contributed by atoms with Crippen molar-refractivity contribution < 1.29 is 14.4 Å². The molecule has 2 aromatic carbocycles. The Morgan fingerprint density at radius 1 is 1.03 bits per heavy atom. The van der Waals surface area contributed by atoms with Gasteiger partial charge in [-0.25, -0.2) is 0 Å². The maximum atomic E-state index is 13.0. The van der Waals surface area contributed by atoms with Gasteiger partial charge in [0.15, 0.2) is 0 Å². The van der Waals surface area contributed by atoms with E-state index in [9.17, 15) is 14.4 Å². The zero-order valence-corrected chi connectivity index (χ0v) is 18.7. The third-order valence-electron chi connectivity index (χ3n) is 5.80. The average molecular weight is 437 g/mol. The van der Waals surface area contributed by atoms with Gasteiger partial charge in [0.1, 0.15) is 6.04 Å². The van der Waals surface area contributed by atoms with Gasteiger partial charge in [-0.05, 0) is 44.4 Å². The highest BCUT2D eigenvalue weighted by atomic mass is 16.2. The third kappa shape index (κ3) is 6.40. The monoisotopic (exact) mass is 436 g/mol. The van der Waals surface area contributed by atoms with E-state index in [0.29, 0.717) is 38.0 Å². The van der Waals surface area contributed by atoms with Crippen LogP contribution in [0.15, 0.2) is 54.6 Å².